The van der Waals surface area contributed by atoms with E-state index < -0.39 is 0 Å². The lowest BCUT2D eigenvalue weighted by atomic mass is 10.2. The molecule has 17 heavy (non-hydrogen) atoms. The fourth-order valence-electron chi connectivity index (χ4n) is 2.33. The molecule has 0 radical (unpaired) electrons. The zero-order valence-electron chi connectivity index (χ0n) is 9.90. The molecule has 0 aliphatic heterocycles. The van der Waals surface area contributed by atoms with E-state index in [1.54, 1.807) is 0 Å². The number of benzene rings is 1. The summed E-state index contributed by atoms with van der Waals surface area (Å²) in [6.07, 6.45) is 3.43. The molecular formula is C14H15N3. The number of hydrogen-bond acceptors (Lipinski definition) is 3. The van der Waals surface area contributed by atoms with E-state index in [1.807, 2.05) is 30.3 Å². The van der Waals surface area contributed by atoms with E-state index in [2.05, 4.69) is 22.2 Å². The van der Waals surface area contributed by atoms with E-state index in [0.29, 0.717) is 5.95 Å². The smallest absolute Gasteiger partial charge is 0.227 e. The topological polar surface area (TPSA) is 37.8 Å². The van der Waals surface area contributed by atoms with Gasteiger partial charge in [0, 0.05) is 17.1 Å². The van der Waals surface area contributed by atoms with Crippen LogP contribution in [-0.4, -0.2) is 9.97 Å². The summed E-state index contributed by atoms with van der Waals surface area (Å²) in [5.74, 6) is 0.717. The first kappa shape index (κ1) is 10.3. The fourth-order valence-corrected chi connectivity index (χ4v) is 2.33. The molecule has 3 heteroatoms. The Bertz CT molecular complexity index is 535. The van der Waals surface area contributed by atoms with Gasteiger partial charge in [-0.05, 0) is 43.9 Å². The number of para-hydroxylation sites is 1. The summed E-state index contributed by atoms with van der Waals surface area (Å²) < 4.78 is 0. The van der Waals surface area contributed by atoms with E-state index in [9.17, 15) is 0 Å². The summed E-state index contributed by atoms with van der Waals surface area (Å²) in [7, 11) is 0. The summed E-state index contributed by atoms with van der Waals surface area (Å²) in [6, 6.07) is 10.0. The van der Waals surface area contributed by atoms with Gasteiger partial charge in [0.1, 0.15) is 0 Å². The second kappa shape index (κ2) is 4.17. The third-order valence-electron chi connectivity index (χ3n) is 3.17. The Labute approximate surface area is 101 Å². The molecule has 0 saturated carbocycles. The summed E-state index contributed by atoms with van der Waals surface area (Å²) in [4.78, 5) is 9.11. The van der Waals surface area contributed by atoms with Gasteiger partial charge >= 0.3 is 0 Å². The van der Waals surface area contributed by atoms with E-state index in [1.165, 1.54) is 17.7 Å². The van der Waals surface area contributed by atoms with Gasteiger partial charge in [-0.1, -0.05) is 18.2 Å². The van der Waals surface area contributed by atoms with Crippen molar-refractivity contribution in [3.05, 3.63) is 47.3 Å². The molecule has 0 saturated heterocycles. The van der Waals surface area contributed by atoms with Crippen molar-refractivity contribution in [3.8, 4) is 0 Å². The molecule has 1 aromatic heterocycles. The van der Waals surface area contributed by atoms with Crippen LogP contribution in [0.3, 0.4) is 0 Å². The molecule has 2 aromatic rings. The number of anilines is 2. The minimum Gasteiger partial charge on any atom is -0.324 e. The molecular weight excluding hydrogens is 210 g/mol. The van der Waals surface area contributed by atoms with Crippen molar-refractivity contribution in [3.63, 3.8) is 0 Å². The Hall–Kier alpha value is -1.90. The average Bonchev–Trinajstić information content (AvgIpc) is 2.79. The second-order valence-electron chi connectivity index (χ2n) is 4.40. The summed E-state index contributed by atoms with van der Waals surface area (Å²) in [5, 5.41) is 3.25. The molecule has 0 atom stereocenters. The second-order valence-corrected chi connectivity index (χ2v) is 4.40. The summed E-state index contributed by atoms with van der Waals surface area (Å²) >= 11 is 0. The van der Waals surface area contributed by atoms with Crippen molar-refractivity contribution in [2.24, 2.45) is 0 Å². The van der Waals surface area contributed by atoms with Crippen molar-refractivity contribution in [1.29, 1.82) is 0 Å². The molecule has 0 fully saturated rings. The van der Waals surface area contributed by atoms with E-state index >= 15 is 0 Å². The fraction of sp³-hybridized carbons (Fsp3) is 0.286. The number of rotatable bonds is 2. The maximum Gasteiger partial charge on any atom is 0.227 e. The molecule has 3 nitrogen and oxygen atoms in total. The zero-order chi connectivity index (χ0) is 11.7. The van der Waals surface area contributed by atoms with Crippen LogP contribution >= 0.6 is 0 Å². The maximum absolute atomic E-state index is 4.59. The van der Waals surface area contributed by atoms with Crippen LogP contribution in [0.25, 0.3) is 0 Å². The van der Waals surface area contributed by atoms with E-state index in [-0.39, 0.29) is 0 Å². The third kappa shape index (κ3) is 2.00. The number of nitrogens with zero attached hydrogens (tertiary/aromatic N) is 2. The first-order valence-corrected chi connectivity index (χ1v) is 6.01. The number of aryl methyl sites for hydroxylation is 2. The molecule has 1 N–H and O–H groups in total. The van der Waals surface area contributed by atoms with Gasteiger partial charge < -0.3 is 5.32 Å². The molecule has 1 aromatic carbocycles. The lowest BCUT2D eigenvalue weighted by Crippen LogP contribution is -2.03. The first-order valence-electron chi connectivity index (χ1n) is 6.01. The van der Waals surface area contributed by atoms with Crippen LogP contribution in [0.5, 0.6) is 0 Å². The molecule has 1 aliphatic carbocycles. The number of hydrogen-bond donors (Lipinski definition) is 1. The Morgan fingerprint density at radius 3 is 2.71 bits per heavy atom. The monoisotopic (exact) mass is 225 g/mol. The quantitative estimate of drug-likeness (QED) is 0.853. The van der Waals surface area contributed by atoms with Crippen LogP contribution in [0.1, 0.15) is 23.4 Å². The van der Waals surface area contributed by atoms with Gasteiger partial charge in [-0.15, -0.1) is 0 Å². The molecule has 0 spiro atoms. The molecule has 86 valence electrons. The van der Waals surface area contributed by atoms with Crippen molar-refractivity contribution in [2.75, 3.05) is 5.32 Å². The molecule has 0 unspecified atom stereocenters. The molecule has 0 bridgehead atoms. The number of fused-ring (bicyclic) bond motifs is 1. The van der Waals surface area contributed by atoms with Gasteiger partial charge in [-0.3, -0.25) is 0 Å². The highest BCUT2D eigenvalue weighted by Crippen LogP contribution is 2.24. The Morgan fingerprint density at radius 2 is 1.88 bits per heavy atom. The molecule has 1 heterocycles. The van der Waals surface area contributed by atoms with Gasteiger partial charge in [0.25, 0.3) is 0 Å². The largest absolute Gasteiger partial charge is 0.324 e. The Balaban J connectivity index is 1.92. The highest BCUT2D eigenvalue weighted by atomic mass is 15.1. The Kier molecular flexibility index (Phi) is 2.52. The molecule has 0 amide bonds. The van der Waals surface area contributed by atoms with Crippen LogP contribution in [0, 0.1) is 6.92 Å². The minimum absolute atomic E-state index is 0.717. The number of aromatic nitrogens is 2. The van der Waals surface area contributed by atoms with Gasteiger partial charge in [-0.25, -0.2) is 9.97 Å². The lowest BCUT2D eigenvalue weighted by molar-refractivity contribution is 0.899. The maximum atomic E-state index is 4.59. The minimum atomic E-state index is 0.717. The first-order chi connectivity index (χ1) is 8.33. The van der Waals surface area contributed by atoms with Crippen LogP contribution in [0.15, 0.2) is 30.3 Å². The Morgan fingerprint density at radius 1 is 1.06 bits per heavy atom. The molecule has 1 aliphatic rings. The van der Waals surface area contributed by atoms with Gasteiger partial charge in [0.15, 0.2) is 0 Å². The van der Waals surface area contributed by atoms with Gasteiger partial charge in [0.2, 0.25) is 5.95 Å². The van der Waals surface area contributed by atoms with Gasteiger partial charge in [-0.2, -0.15) is 0 Å². The standard InChI is InChI=1S/C14H15N3/c1-10-12-8-5-9-13(12)17-14(15-10)16-11-6-3-2-4-7-11/h2-4,6-7H,5,8-9H2,1H3,(H,15,16,17). The number of nitrogens with one attached hydrogen (secondary N) is 1. The lowest BCUT2D eigenvalue weighted by Gasteiger charge is -2.08. The van der Waals surface area contributed by atoms with E-state index in [0.717, 1.165) is 24.2 Å². The predicted octanol–water partition coefficient (Wildman–Crippen LogP) is 3.02. The normalized spacial score (nSPS) is 13.5. The summed E-state index contributed by atoms with van der Waals surface area (Å²) in [5.41, 5.74) is 4.72. The molecule has 3 rings (SSSR count). The highest BCUT2D eigenvalue weighted by molar-refractivity contribution is 5.53. The average molecular weight is 225 g/mol. The van der Waals surface area contributed by atoms with E-state index in [4.69, 9.17) is 0 Å². The third-order valence-corrected chi connectivity index (χ3v) is 3.17. The van der Waals surface area contributed by atoms with Crippen LogP contribution in [0.2, 0.25) is 0 Å². The van der Waals surface area contributed by atoms with Crippen LogP contribution in [-0.2, 0) is 12.8 Å². The van der Waals surface area contributed by atoms with Gasteiger partial charge in [0.05, 0.1) is 0 Å². The SMILES string of the molecule is Cc1nc(Nc2ccccc2)nc2c1CCC2. The summed E-state index contributed by atoms with van der Waals surface area (Å²) in [6.45, 7) is 2.07. The van der Waals surface area contributed by atoms with Crippen molar-refractivity contribution in [2.45, 2.75) is 26.2 Å². The van der Waals surface area contributed by atoms with Crippen LogP contribution in [0.4, 0.5) is 11.6 Å². The highest BCUT2D eigenvalue weighted by Gasteiger charge is 2.16. The zero-order valence-corrected chi connectivity index (χ0v) is 9.90. The van der Waals surface area contributed by atoms with Crippen molar-refractivity contribution in [1.82, 2.24) is 9.97 Å². The van der Waals surface area contributed by atoms with Crippen LogP contribution < -0.4 is 5.32 Å². The predicted molar refractivity (Wildman–Crippen MR) is 68.5 cm³/mol. The van der Waals surface area contributed by atoms with Crippen molar-refractivity contribution >= 4 is 11.6 Å². The van der Waals surface area contributed by atoms with Crippen molar-refractivity contribution < 1.29 is 0 Å².